The van der Waals surface area contributed by atoms with Crippen molar-refractivity contribution in [3.05, 3.63) is 58.7 Å². The Morgan fingerprint density at radius 3 is 2.66 bits per heavy atom. The van der Waals surface area contributed by atoms with Crippen molar-refractivity contribution in [2.24, 2.45) is 5.41 Å². The van der Waals surface area contributed by atoms with E-state index < -0.39 is 0 Å². The van der Waals surface area contributed by atoms with Gasteiger partial charge in [-0.1, -0.05) is 29.8 Å². The number of hydrogen-bond donors (Lipinski definition) is 1. The van der Waals surface area contributed by atoms with Crippen molar-refractivity contribution in [3.8, 4) is 11.3 Å². The number of carbonyl (C=O) groups is 1. The molecule has 2 aliphatic rings. The molecule has 0 radical (unpaired) electrons. The standard InChI is InChI=1S/C21H20ClN5OS/c1-26-10-21(11-26)12-27(13-21)14-6-7-17(23-8-14)19(28)25-20-24-18(9-29-20)15-4-2-3-5-16(15)22/h2-9H,10-13H2,1H3,(H,24,25,28). The van der Waals surface area contributed by atoms with Crippen molar-refractivity contribution >= 4 is 39.7 Å². The van der Waals surface area contributed by atoms with Gasteiger partial charge in [0.1, 0.15) is 5.69 Å². The van der Waals surface area contributed by atoms with Gasteiger partial charge < -0.3 is 9.80 Å². The second kappa shape index (κ2) is 7.09. The summed E-state index contributed by atoms with van der Waals surface area (Å²) in [7, 11) is 2.16. The second-order valence-corrected chi connectivity index (χ2v) is 9.17. The Hall–Kier alpha value is -2.48. The van der Waals surface area contributed by atoms with Crippen LogP contribution >= 0.6 is 22.9 Å². The fraction of sp³-hybridized carbons (Fsp3) is 0.286. The van der Waals surface area contributed by atoms with Gasteiger partial charge in [-0.3, -0.25) is 10.1 Å². The normalized spacial score (nSPS) is 17.7. The van der Waals surface area contributed by atoms with Crippen molar-refractivity contribution in [3.63, 3.8) is 0 Å². The maximum atomic E-state index is 12.5. The molecular weight excluding hydrogens is 406 g/mol. The number of nitrogens with zero attached hydrogens (tertiary/aromatic N) is 4. The lowest BCUT2D eigenvalue weighted by Gasteiger charge is -2.60. The summed E-state index contributed by atoms with van der Waals surface area (Å²) in [4.78, 5) is 26.0. The van der Waals surface area contributed by atoms with Gasteiger partial charge in [-0.15, -0.1) is 11.3 Å². The van der Waals surface area contributed by atoms with E-state index in [9.17, 15) is 4.79 Å². The molecule has 0 bridgehead atoms. The quantitative estimate of drug-likeness (QED) is 0.687. The molecule has 0 unspecified atom stereocenters. The Morgan fingerprint density at radius 1 is 1.17 bits per heavy atom. The number of pyridine rings is 1. The summed E-state index contributed by atoms with van der Waals surface area (Å²) >= 11 is 7.59. The van der Waals surface area contributed by atoms with Crippen molar-refractivity contribution in [1.82, 2.24) is 14.9 Å². The first-order valence-corrected chi connectivity index (χ1v) is 10.7. The molecule has 1 aromatic carbocycles. The minimum absolute atomic E-state index is 0.266. The first-order chi connectivity index (χ1) is 14.0. The van der Waals surface area contributed by atoms with Crippen LogP contribution in [-0.2, 0) is 0 Å². The minimum Gasteiger partial charge on any atom is -0.369 e. The Morgan fingerprint density at radius 2 is 1.97 bits per heavy atom. The van der Waals surface area contributed by atoms with Crippen LogP contribution in [0.15, 0.2) is 48.0 Å². The molecule has 3 aromatic rings. The first kappa shape index (κ1) is 18.5. The van der Waals surface area contributed by atoms with Gasteiger partial charge in [-0.25, -0.2) is 9.97 Å². The molecule has 2 aromatic heterocycles. The van der Waals surface area contributed by atoms with Crippen LogP contribution < -0.4 is 10.2 Å². The zero-order chi connectivity index (χ0) is 20.0. The molecule has 5 rings (SSSR count). The molecule has 1 amide bonds. The van der Waals surface area contributed by atoms with E-state index in [-0.39, 0.29) is 5.91 Å². The highest BCUT2D eigenvalue weighted by molar-refractivity contribution is 7.14. The van der Waals surface area contributed by atoms with Crippen molar-refractivity contribution in [1.29, 1.82) is 0 Å². The predicted octanol–water partition coefficient (Wildman–Crippen LogP) is 3.86. The molecule has 1 spiro atoms. The zero-order valence-corrected chi connectivity index (χ0v) is 17.5. The number of hydrogen-bond acceptors (Lipinski definition) is 6. The Kier molecular flexibility index (Phi) is 4.53. The largest absolute Gasteiger partial charge is 0.369 e. The third-order valence-corrected chi connectivity index (χ3v) is 6.57. The summed E-state index contributed by atoms with van der Waals surface area (Å²) in [5.74, 6) is -0.266. The Labute approximate surface area is 178 Å². The third-order valence-electron chi connectivity index (χ3n) is 5.48. The zero-order valence-electron chi connectivity index (χ0n) is 15.9. The van der Waals surface area contributed by atoms with Gasteiger partial charge in [0.05, 0.1) is 17.6 Å². The summed E-state index contributed by atoms with van der Waals surface area (Å²) in [5, 5.41) is 5.86. The summed E-state index contributed by atoms with van der Waals surface area (Å²) in [6.45, 7) is 4.46. The van der Waals surface area contributed by atoms with E-state index in [4.69, 9.17) is 11.6 Å². The first-order valence-electron chi connectivity index (χ1n) is 9.43. The number of thiazole rings is 1. The van der Waals surface area contributed by atoms with Gasteiger partial charge in [0.2, 0.25) is 0 Å². The molecule has 1 N–H and O–H groups in total. The average molecular weight is 426 g/mol. The molecule has 2 aliphatic heterocycles. The maximum Gasteiger partial charge on any atom is 0.276 e. The maximum absolute atomic E-state index is 12.5. The number of likely N-dealkylation sites (tertiary alicyclic amines) is 1. The monoisotopic (exact) mass is 425 g/mol. The van der Waals surface area contributed by atoms with Gasteiger partial charge in [-0.05, 0) is 25.2 Å². The summed E-state index contributed by atoms with van der Waals surface area (Å²) in [6.07, 6.45) is 1.78. The van der Waals surface area contributed by atoms with E-state index in [1.807, 2.05) is 35.7 Å². The SMILES string of the molecule is CN1CC2(C1)CN(c1ccc(C(=O)Nc3nc(-c4ccccc4Cl)cs3)nc1)C2. The van der Waals surface area contributed by atoms with Gasteiger partial charge in [-0.2, -0.15) is 0 Å². The highest BCUT2D eigenvalue weighted by Crippen LogP contribution is 2.40. The van der Waals surface area contributed by atoms with Gasteiger partial charge in [0.15, 0.2) is 5.13 Å². The van der Waals surface area contributed by atoms with Crippen LogP contribution in [0.2, 0.25) is 5.02 Å². The van der Waals surface area contributed by atoms with E-state index >= 15 is 0 Å². The van der Waals surface area contributed by atoms with Crippen LogP contribution in [-0.4, -0.2) is 54.0 Å². The van der Waals surface area contributed by atoms with Crippen molar-refractivity contribution in [2.75, 3.05) is 43.4 Å². The molecule has 0 saturated carbocycles. The number of rotatable bonds is 4. The van der Waals surface area contributed by atoms with Crippen LogP contribution in [0.5, 0.6) is 0 Å². The topological polar surface area (TPSA) is 61.4 Å². The molecule has 4 heterocycles. The lowest BCUT2D eigenvalue weighted by atomic mass is 9.73. The minimum atomic E-state index is -0.266. The number of carbonyl (C=O) groups excluding carboxylic acids is 1. The Bertz CT molecular complexity index is 1050. The van der Waals surface area contributed by atoms with Crippen LogP contribution in [0, 0.1) is 5.41 Å². The second-order valence-electron chi connectivity index (χ2n) is 7.90. The van der Waals surface area contributed by atoms with E-state index in [2.05, 4.69) is 32.1 Å². The fourth-order valence-corrected chi connectivity index (χ4v) is 5.18. The number of aromatic nitrogens is 2. The third kappa shape index (κ3) is 3.50. The molecule has 29 heavy (non-hydrogen) atoms. The average Bonchev–Trinajstić information content (AvgIpc) is 3.12. The molecule has 148 valence electrons. The predicted molar refractivity (Wildman–Crippen MR) is 117 cm³/mol. The molecule has 8 heteroatoms. The summed E-state index contributed by atoms with van der Waals surface area (Å²) < 4.78 is 0. The van der Waals surface area contributed by atoms with E-state index in [1.165, 1.54) is 24.4 Å². The lowest BCUT2D eigenvalue weighted by Crippen LogP contribution is -2.71. The van der Waals surface area contributed by atoms with Crippen LogP contribution in [0.4, 0.5) is 10.8 Å². The molecule has 6 nitrogen and oxygen atoms in total. The highest BCUT2D eigenvalue weighted by Gasteiger charge is 2.50. The van der Waals surface area contributed by atoms with E-state index in [0.717, 1.165) is 30.0 Å². The lowest BCUT2D eigenvalue weighted by molar-refractivity contribution is -0.00242. The summed E-state index contributed by atoms with van der Waals surface area (Å²) in [6, 6.07) is 11.3. The van der Waals surface area contributed by atoms with Crippen LogP contribution in [0.3, 0.4) is 0 Å². The fourth-order valence-electron chi connectivity index (χ4n) is 4.24. The van der Waals surface area contributed by atoms with Gasteiger partial charge in [0.25, 0.3) is 5.91 Å². The highest BCUT2D eigenvalue weighted by atomic mass is 35.5. The molecule has 0 aliphatic carbocycles. The van der Waals surface area contributed by atoms with E-state index in [1.54, 1.807) is 12.3 Å². The Balaban J connectivity index is 1.22. The van der Waals surface area contributed by atoms with Crippen molar-refractivity contribution in [2.45, 2.75) is 0 Å². The van der Waals surface area contributed by atoms with Crippen molar-refractivity contribution < 1.29 is 4.79 Å². The number of anilines is 2. The van der Waals surface area contributed by atoms with Crippen LogP contribution in [0.1, 0.15) is 10.5 Å². The molecule has 0 atom stereocenters. The summed E-state index contributed by atoms with van der Waals surface area (Å²) in [5.41, 5.74) is 3.50. The molecular formula is C21H20ClN5OS. The number of amides is 1. The number of benzene rings is 1. The molecule has 2 saturated heterocycles. The molecule has 2 fully saturated rings. The smallest absolute Gasteiger partial charge is 0.276 e. The van der Waals surface area contributed by atoms with Crippen LogP contribution in [0.25, 0.3) is 11.3 Å². The number of nitrogens with one attached hydrogen (secondary N) is 1. The van der Waals surface area contributed by atoms with E-state index in [0.29, 0.717) is 21.3 Å². The van der Waals surface area contributed by atoms with Gasteiger partial charge >= 0.3 is 0 Å². The number of halogens is 1. The van der Waals surface area contributed by atoms with Gasteiger partial charge in [0, 0.05) is 47.6 Å².